The fraction of sp³-hybridized carbons (Fsp3) is 0.500. The summed E-state index contributed by atoms with van der Waals surface area (Å²) in [6.07, 6.45) is 2.25. The Hall–Kier alpha value is -1.51. The van der Waals surface area contributed by atoms with Crippen LogP contribution in [0.25, 0.3) is 0 Å². The third kappa shape index (κ3) is 3.22. The Balaban J connectivity index is 1.96. The van der Waals surface area contributed by atoms with E-state index in [4.69, 9.17) is 0 Å². The topological polar surface area (TPSA) is 41.1 Å². The lowest BCUT2D eigenvalue weighted by Crippen LogP contribution is -2.38. The number of hydrogen-bond acceptors (Lipinski definition) is 2. The molecule has 0 unspecified atom stereocenters. The predicted octanol–water partition coefficient (Wildman–Crippen LogP) is 2.38. The molecule has 3 heteroatoms. The van der Waals surface area contributed by atoms with Crippen LogP contribution in [0.4, 0.5) is 5.69 Å². The average molecular weight is 232 g/mol. The van der Waals surface area contributed by atoms with E-state index in [9.17, 15) is 4.79 Å². The molecule has 1 amide bonds. The van der Waals surface area contributed by atoms with Crippen molar-refractivity contribution in [2.75, 3.05) is 5.32 Å². The van der Waals surface area contributed by atoms with E-state index in [2.05, 4.69) is 36.6 Å². The highest BCUT2D eigenvalue weighted by Gasteiger charge is 2.25. The summed E-state index contributed by atoms with van der Waals surface area (Å²) in [4.78, 5) is 11.8. The van der Waals surface area contributed by atoms with Crippen molar-refractivity contribution < 1.29 is 4.79 Å². The number of aryl methyl sites for hydroxylation is 2. The Kier molecular flexibility index (Phi) is 3.36. The minimum Gasteiger partial charge on any atom is -0.374 e. The van der Waals surface area contributed by atoms with E-state index in [1.807, 2.05) is 13.0 Å². The highest BCUT2D eigenvalue weighted by Crippen LogP contribution is 2.20. The van der Waals surface area contributed by atoms with Gasteiger partial charge in [0.15, 0.2) is 0 Å². The van der Waals surface area contributed by atoms with Crippen molar-refractivity contribution in [3.05, 3.63) is 29.3 Å². The van der Waals surface area contributed by atoms with E-state index in [1.54, 1.807) is 0 Å². The van der Waals surface area contributed by atoms with Crippen molar-refractivity contribution in [2.45, 2.75) is 45.7 Å². The predicted molar refractivity (Wildman–Crippen MR) is 70.2 cm³/mol. The van der Waals surface area contributed by atoms with Gasteiger partial charge in [-0.1, -0.05) is 17.7 Å². The quantitative estimate of drug-likeness (QED) is 0.837. The van der Waals surface area contributed by atoms with Gasteiger partial charge in [-0.25, -0.2) is 0 Å². The number of rotatable bonds is 4. The average Bonchev–Trinajstić information content (AvgIpc) is 3.06. The standard InChI is InChI=1S/C14H20N2O/c1-9-4-7-13(10(2)8-9)15-11(3)14(17)16-12-5-6-12/h4,7-8,11-12,15H,5-6H2,1-3H3,(H,16,17)/t11-/m0/s1. The molecule has 1 fully saturated rings. The van der Waals surface area contributed by atoms with Crippen LogP contribution in [0.3, 0.4) is 0 Å². The van der Waals surface area contributed by atoms with Crippen LogP contribution in [-0.2, 0) is 4.79 Å². The second-order valence-electron chi connectivity index (χ2n) is 4.97. The van der Waals surface area contributed by atoms with Crippen LogP contribution in [0.1, 0.15) is 30.9 Å². The van der Waals surface area contributed by atoms with E-state index in [0.717, 1.165) is 18.5 Å². The van der Waals surface area contributed by atoms with E-state index in [0.29, 0.717) is 6.04 Å². The molecule has 92 valence electrons. The lowest BCUT2D eigenvalue weighted by atomic mass is 10.1. The van der Waals surface area contributed by atoms with Crippen LogP contribution in [-0.4, -0.2) is 18.0 Å². The van der Waals surface area contributed by atoms with Gasteiger partial charge in [0.1, 0.15) is 6.04 Å². The molecule has 1 aliphatic carbocycles. The Labute approximate surface area is 103 Å². The van der Waals surface area contributed by atoms with E-state index in [-0.39, 0.29) is 11.9 Å². The zero-order chi connectivity index (χ0) is 12.4. The first kappa shape index (κ1) is 12.0. The fourth-order valence-electron chi connectivity index (χ4n) is 1.83. The summed E-state index contributed by atoms with van der Waals surface area (Å²) in [5.74, 6) is 0.0903. The summed E-state index contributed by atoms with van der Waals surface area (Å²) in [7, 11) is 0. The van der Waals surface area contributed by atoms with Crippen LogP contribution in [0.15, 0.2) is 18.2 Å². The second-order valence-corrected chi connectivity index (χ2v) is 4.97. The largest absolute Gasteiger partial charge is 0.374 e. The van der Waals surface area contributed by atoms with Gasteiger partial charge in [0.25, 0.3) is 0 Å². The third-order valence-corrected chi connectivity index (χ3v) is 3.07. The normalized spacial score (nSPS) is 16.4. The summed E-state index contributed by atoms with van der Waals surface area (Å²) in [5, 5.41) is 6.26. The lowest BCUT2D eigenvalue weighted by Gasteiger charge is -2.17. The van der Waals surface area contributed by atoms with Crippen molar-refractivity contribution in [1.29, 1.82) is 0 Å². The number of carbonyl (C=O) groups is 1. The monoisotopic (exact) mass is 232 g/mol. The summed E-state index contributed by atoms with van der Waals surface area (Å²) >= 11 is 0. The van der Waals surface area contributed by atoms with Crippen LogP contribution in [0.2, 0.25) is 0 Å². The lowest BCUT2D eigenvalue weighted by molar-refractivity contribution is -0.121. The Morgan fingerprint density at radius 3 is 2.65 bits per heavy atom. The molecule has 0 aromatic heterocycles. The number of benzene rings is 1. The molecule has 0 heterocycles. The molecule has 0 spiro atoms. The molecule has 1 atom stereocenters. The summed E-state index contributed by atoms with van der Waals surface area (Å²) < 4.78 is 0. The molecule has 2 rings (SSSR count). The van der Waals surface area contributed by atoms with Gasteiger partial charge in [0.05, 0.1) is 0 Å². The Morgan fingerprint density at radius 1 is 1.35 bits per heavy atom. The van der Waals surface area contributed by atoms with Crippen LogP contribution in [0, 0.1) is 13.8 Å². The van der Waals surface area contributed by atoms with Gasteiger partial charge in [-0.3, -0.25) is 4.79 Å². The number of carbonyl (C=O) groups excluding carboxylic acids is 1. The second kappa shape index (κ2) is 4.78. The van der Waals surface area contributed by atoms with Gasteiger partial charge in [0.2, 0.25) is 5.91 Å². The Bertz CT molecular complexity index is 424. The van der Waals surface area contributed by atoms with Crippen molar-refractivity contribution in [3.63, 3.8) is 0 Å². The van der Waals surface area contributed by atoms with Gasteiger partial charge in [-0.05, 0) is 45.2 Å². The fourth-order valence-corrected chi connectivity index (χ4v) is 1.83. The molecule has 3 nitrogen and oxygen atoms in total. The molecule has 0 saturated heterocycles. The molecule has 0 bridgehead atoms. The minimum atomic E-state index is -0.183. The first-order valence-corrected chi connectivity index (χ1v) is 6.20. The first-order valence-electron chi connectivity index (χ1n) is 6.20. The van der Waals surface area contributed by atoms with E-state index >= 15 is 0 Å². The first-order chi connectivity index (χ1) is 8.06. The third-order valence-electron chi connectivity index (χ3n) is 3.07. The van der Waals surface area contributed by atoms with E-state index in [1.165, 1.54) is 11.1 Å². The molecule has 0 aliphatic heterocycles. The van der Waals surface area contributed by atoms with Gasteiger partial charge in [-0.2, -0.15) is 0 Å². The number of nitrogens with one attached hydrogen (secondary N) is 2. The maximum atomic E-state index is 11.8. The molecule has 17 heavy (non-hydrogen) atoms. The summed E-state index contributed by atoms with van der Waals surface area (Å²) in [6.45, 7) is 6.03. The van der Waals surface area contributed by atoms with Gasteiger partial charge < -0.3 is 10.6 Å². The van der Waals surface area contributed by atoms with Crippen molar-refractivity contribution >= 4 is 11.6 Å². The molecule has 1 aromatic carbocycles. The van der Waals surface area contributed by atoms with Gasteiger partial charge in [-0.15, -0.1) is 0 Å². The SMILES string of the molecule is Cc1ccc(N[C@@H](C)C(=O)NC2CC2)c(C)c1. The molecule has 1 aliphatic rings. The number of hydrogen-bond donors (Lipinski definition) is 2. The molecule has 1 aromatic rings. The summed E-state index contributed by atoms with van der Waals surface area (Å²) in [5.41, 5.74) is 3.45. The molecular formula is C14H20N2O. The maximum Gasteiger partial charge on any atom is 0.242 e. The van der Waals surface area contributed by atoms with E-state index < -0.39 is 0 Å². The molecular weight excluding hydrogens is 212 g/mol. The minimum absolute atomic E-state index is 0.0903. The molecule has 2 N–H and O–H groups in total. The smallest absolute Gasteiger partial charge is 0.242 e. The zero-order valence-corrected chi connectivity index (χ0v) is 10.7. The molecule has 0 radical (unpaired) electrons. The maximum absolute atomic E-state index is 11.8. The highest BCUT2D eigenvalue weighted by molar-refractivity contribution is 5.84. The van der Waals surface area contributed by atoms with Crippen molar-refractivity contribution in [3.8, 4) is 0 Å². The number of anilines is 1. The van der Waals surface area contributed by atoms with Gasteiger partial charge in [0, 0.05) is 11.7 Å². The zero-order valence-electron chi connectivity index (χ0n) is 10.7. The highest BCUT2D eigenvalue weighted by atomic mass is 16.2. The summed E-state index contributed by atoms with van der Waals surface area (Å²) in [6, 6.07) is 6.45. The molecule has 1 saturated carbocycles. The van der Waals surface area contributed by atoms with Gasteiger partial charge >= 0.3 is 0 Å². The van der Waals surface area contributed by atoms with Crippen LogP contribution < -0.4 is 10.6 Å². The Morgan fingerprint density at radius 2 is 2.06 bits per heavy atom. The van der Waals surface area contributed by atoms with Crippen molar-refractivity contribution in [2.24, 2.45) is 0 Å². The van der Waals surface area contributed by atoms with Crippen molar-refractivity contribution in [1.82, 2.24) is 5.32 Å². The van der Waals surface area contributed by atoms with Crippen LogP contribution >= 0.6 is 0 Å². The number of amides is 1. The van der Waals surface area contributed by atoms with Crippen LogP contribution in [0.5, 0.6) is 0 Å².